The molecule has 1 atom stereocenters. The Hall–Kier alpha value is -1.15. The van der Waals surface area contributed by atoms with Crippen LogP contribution in [-0.2, 0) is 0 Å². The second-order valence-electron chi connectivity index (χ2n) is 2.96. The SMILES string of the molecule is CNC(C)/C=C/c1ccccc1F. The van der Waals surface area contributed by atoms with Gasteiger partial charge in [-0.1, -0.05) is 30.4 Å². The molecule has 0 saturated heterocycles. The Kier molecular flexibility index (Phi) is 3.65. The normalized spacial score (nSPS) is 13.5. The Bertz CT molecular complexity index is 294. The van der Waals surface area contributed by atoms with Gasteiger partial charge in [0.25, 0.3) is 0 Å². The monoisotopic (exact) mass is 179 g/mol. The third-order valence-electron chi connectivity index (χ3n) is 1.93. The van der Waals surface area contributed by atoms with Crippen molar-refractivity contribution in [1.29, 1.82) is 0 Å². The molecule has 70 valence electrons. The first-order chi connectivity index (χ1) is 6.24. The minimum atomic E-state index is -0.179. The van der Waals surface area contributed by atoms with Crippen LogP contribution in [0.3, 0.4) is 0 Å². The topological polar surface area (TPSA) is 12.0 Å². The van der Waals surface area contributed by atoms with Gasteiger partial charge in [-0.15, -0.1) is 0 Å². The van der Waals surface area contributed by atoms with Crippen molar-refractivity contribution in [3.8, 4) is 0 Å². The fraction of sp³-hybridized carbons (Fsp3) is 0.273. The van der Waals surface area contributed by atoms with E-state index in [-0.39, 0.29) is 11.9 Å². The Morgan fingerprint density at radius 3 is 2.69 bits per heavy atom. The van der Waals surface area contributed by atoms with E-state index in [1.807, 2.05) is 26.1 Å². The zero-order chi connectivity index (χ0) is 9.68. The van der Waals surface area contributed by atoms with Gasteiger partial charge < -0.3 is 5.32 Å². The highest BCUT2D eigenvalue weighted by molar-refractivity contribution is 5.50. The first-order valence-corrected chi connectivity index (χ1v) is 4.34. The van der Waals surface area contributed by atoms with Crippen LogP contribution in [0.4, 0.5) is 4.39 Å². The molecule has 1 nitrogen and oxygen atoms in total. The van der Waals surface area contributed by atoms with E-state index in [0.717, 1.165) is 0 Å². The molecule has 1 unspecified atom stereocenters. The van der Waals surface area contributed by atoms with Crippen molar-refractivity contribution < 1.29 is 4.39 Å². The molecular formula is C11H14FN. The maximum absolute atomic E-state index is 13.1. The fourth-order valence-corrected chi connectivity index (χ4v) is 0.954. The third-order valence-corrected chi connectivity index (χ3v) is 1.93. The number of halogens is 1. The second-order valence-corrected chi connectivity index (χ2v) is 2.96. The van der Waals surface area contributed by atoms with E-state index < -0.39 is 0 Å². The highest BCUT2D eigenvalue weighted by Gasteiger charge is 1.95. The largest absolute Gasteiger partial charge is 0.314 e. The molecule has 0 bridgehead atoms. The van der Waals surface area contributed by atoms with Gasteiger partial charge in [0.2, 0.25) is 0 Å². The van der Waals surface area contributed by atoms with Crippen molar-refractivity contribution in [3.63, 3.8) is 0 Å². The zero-order valence-electron chi connectivity index (χ0n) is 7.92. The van der Waals surface area contributed by atoms with E-state index in [1.54, 1.807) is 18.2 Å². The first kappa shape index (κ1) is 9.93. The highest BCUT2D eigenvalue weighted by Crippen LogP contribution is 2.08. The van der Waals surface area contributed by atoms with Crippen molar-refractivity contribution in [2.24, 2.45) is 0 Å². The maximum Gasteiger partial charge on any atom is 0.130 e. The smallest absolute Gasteiger partial charge is 0.130 e. The van der Waals surface area contributed by atoms with Gasteiger partial charge in [-0.25, -0.2) is 4.39 Å². The summed E-state index contributed by atoms with van der Waals surface area (Å²) in [5, 5.41) is 3.05. The van der Waals surface area contributed by atoms with Gasteiger partial charge in [0.05, 0.1) is 0 Å². The lowest BCUT2D eigenvalue weighted by Crippen LogP contribution is -2.17. The van der Waals surface area contributed by atoms with Crippen LogP contribution in [0.2, 0.25) is 0 Å². The molecule has 13 heavy (non-hydrogen) atoms. The van der Waals surface area contributed by atoms with E-state index in [0.29, 0.717) is 5.56 Å². The molecular weight excluding hydrogens is 165 g/mol. The van der Waals surface area contributed by atoms with Crippen molar-refractivity contribution >= 4 is 6.08 Å². The molecule has 0 aromatic heterocycles. The van der Waals surface area contributed by atoms with E-state index in [1.165, 1.54) is 6.07 Å². The molecule has 0 heterocycles. The predicted octanol–water partition coefficient (Wildman–Crippen LogP) is 2.45. The van der Waals surface area contributed by atoms with Gasteiger partial charge in [-0.2, -0.15) is 0 Å². The Morgan fingerprint density at radius 1 is 1.38 bits per heavy atom. The lowest BCUT2D eigenvalue weighted by Gasteiger charge is -2.02. The van der Waals surface area contributed by atoms with Gasteiger partial charge in [0.15, 0.2) is 0 Å². The standard InChI is InChI=1S/C11H14FN/c1-9(13-2)7-8-10-5-3-4-6-11(10)12/h3-9,13H,1-2H3/b8-7+. The Morgan fingerprint density at radius 2 is 2.08 bits per heavy atom. The lowest BCUT2D eigenvalue weighted by atomic mass is 10.2. The molecule has 1 N–H and O–H groups in total. The van der Waals surface area contributed by atoms with Crippen LogP contribution in [0, 0.1) is 5.82 Å². The van der Waals surface area contributed by atoms with Gasteiger partial charge in [0, 0.05) is 11.6 Å². The van der Waals surface area contributed by atoms with Gasteiger partial charge in [0.1, 0.15) is 5.82 Å². The molecule has 0 aliphatic carbocycles. The summed E-state index contributed by atoms with van der Waals surface area (Å²) < 4.78 is 13.1. The van der Waals surface area contributed by atoms with E-state index in [9.17, 15) is 4.39 Å². The second kappa shape index (κ2) is 4.77. The molecule has 0 fully saturated rings. The Balaban J connectivity index is 2.74. The van der Waals surface area contributed by atoms with Gasteiger partial charge >= 0.3 is 0 Å². The minimum Gasteiger partial charge on any atom is -0.314 e. The summed E-state index contributed by atoms with van der Waals surface area (Å²) in [5.74, 6) is -0.179. The number of likely N-dealkylation sites (N-methyl/N-ethyl adjacent to an activating group) is 1. The number of benzene rings is 1. The van der Waals surface area contributed by atoms with E-state index in [2.05, 4.69) is 5.32 Å². The van der Waals surface area contributed by atoms with Crippen molar-refractivity contribution in [1.82, 2.24) is 5.32 Å². The lowest BCUT2D eigenvalue weighted by molar-refractivity contribution is 0.625. The highest BCUT2D eigenvalue weighted by atomic mass is 19.1. The van der Waals surface area contributed by atoms with Gasteiger partial charge in [-0.3, -0.25) is 0 Å². The van der Waals surface area contributed by atoms with Crippen LogP contribution in [0.1, 0.15) is 12.5 Å². The van der Waals surface area contributed by atoms with Crippen molar-refractivity contribution in [2.45, 2.75) is 13.0 Å². The van der Waals surface area contributed by atoms with Crippen LogP contribution in [0.15, 0.2) is 30.3 Å². The quantitative estimate of drug-likeness (QED) is 0.751. The average molecular weight is 179 g/mol. The molecule has 1 aromatic carbocycles. The summed E-state index contributed by atoms with van der Waals surface area (Å²) in [6, 6.07) is 7.00. The summed E-state index contributed by atoms with van der Waals surface area (Å²) in [6.07, 6.45) is 3.72. The molecule has 2 heteroatoms. The minimum absolute atomic E-state index is 0.179. The number of nitrogens with one attached hydrogen (secondary N) is 1. The van der Waals surface area contributed by atoms with Crippen molar-refractivity contribution in [2.75, 3.05) is 7.05 Å². The molecule has 1 rings (SSSR count). The third kappa shape index (κ3) is 2.99. The Labute approximate surface area is 78.3 Å². The summed E-state index contributed by atoms with van der Waals surface area (Å²) in [7, 11) is 1.87. The molecule has 0 aliphatic heterocycles. The average Bonchev–Trinajstić information content (AvgIpc) is 2.16. The summed E-state index contributed by atoms with van der Waals surface area (Å²) in [6.45, 7) is 2.01. The first-order valence-electron chi connectivity index (χ1n) is 4.34. The van der Waals surface area contributed by atoms with Crippen LogP contribution < -0.4 is 5.32 Å². The molecule has 0 spiro atoms. The number of hydrogen-bond acceptors (Lipinski definition) is 1. The van der Waals surface area contributed by atoms with E-state index >= 15 is 0 Å². The summed E-state index contributed by atoms with van der Waals surface area (Å²) in [4.78, 5) is 0. The number of hydrogen-bond donors (Lipinski definition) is 1. The van der Waals surface area contributed by atoms with Crippen LogP contribution >= 0.6 is 0 Å². The molecule has 0 aliphatic rings. The van der Waals surface area contributed by atoms with Crippen molar-refractivity contribution in [3.05, 3.63) is 41.7 Å². The van der Waals surface area contributed by atoms with Crippen LogP contribution in [0.5, 0.6) is 0 Å². The number of rotatable bonds is 3. The maximum atomic E-state index is 13.1. The molecule has 0 amide bonds. The zero-order valence-corrected chi connectivity index (χ0v) is 7.92. The molecule has 0 saturated carbocycles. The summed E-state index contributed by atoms with van der Waals surface area (Å²) >= 11 is 0. The van der Waals surface area contributed by atoms with Crippen LogP contribution in [-0.4, -0.2) is 13.1 Å². The van der Waals surface area contributed by atoms with E-state index in [4.69, 9.17) is 0 Å². The summed E-state index contributed by atoms with van der Waals surface area (Å²) in [5.41, 5.74) is 0.629. The molecule has 1 aromatic rings. The molecule has 0 radical (unpaired) electrons. The predicted molar refractivity (Wildman–Crippen MR) is 54.0 cm³/mol. The van der Waals surface area contributed by atoms with Crippen LogP contribution in [0.25, 0.3) is 6.08 Å². The fourth-order valence-electron chi connectivity index (χ4n) is 0.954. The van der Waals surface area contributed by atoms with Gasteiger partial charge in [-0.05, 0) is 20.0 Å².